The van der Waals surface area contributed by atoms with Crippen molar-refractivity contribution >= 4 is 16.9 Å². The SMILES string of the molecule is CCc1ccccc1Oc1coc2cc(OC(=O)COc3ccc(C)c(C)c3)ccc2c1=O. The van der Waals surface area contributed by atoms with Crippen molar-refractivity contribution < 1.29 is 23.4 Å². The smallest absolute Gasteiger partial charge is 0.349 e. The van der Waals surface area contributed by atoms with Gasteiger partial charge in [0.2, 0.25) is 11.2 Å². The molecule has 6 nitrogen and oxygen atoms in total. The quantitative estimate of drug-likeness (QED) is 0.267. The molecule has 3 aromatic carbocycles. The lowest BCUT2D eigenvalue weighted by molar-refractivity contribution is -0.136. The number of aryl methyl sites for hydroxylation is 3. The molecule has 0 unspecified atom stereocenters. The van der Waals surface area contributed by atoms with Gasteiger partial charge in [0.1, 0.15) is 29.1 Å². The fourth-order valence-electron chi connectivity index (χ4n) is 3.35. The molecule has 0 saturated carbocycles. The number of ether oxygens (including phenoxy) is 3. The monoisotopic (exact) mass is 444 g/mol. The molecule has 0 fully saturated rings. The zero-order chi connectivity index (χ0) is 23.4. The molecule has 33 heavy (non-hydrogen) atoms. The van der Waals surface area contributed by atoms with E-state index in [1.165, 1.54) is 18.4 Å². The summed E-state index contributed by atoms with van der Waals surface area (Å²) in [5.74, 6) is 0.989. The molecule has 4 rings (SSSR count). The molecule has 0 atom stereocenters. The fourth-order valence-corrected chi connectivity index (χ4v) is 3.35. The maximum atomic E-state index is 12.9. The van der Waals surface area contributed by atoms with Crippen LogP contribution in [0.15, 0.2) is 76.1 Å². The van der Waals surface area contributed by atoms with E-state index in [0.717, 1.165) is 23.1 Å². The Kier molecular flexibility index (Phi) is 6.45. The number of carbonyl (C=O) groups is 1. The van der Waals surface area contributed by atoms with Crippen LogP contribution < -0.4 is 19.6 Å². The van der Waals surface area contributed by atoms with Crippen molar-refractivity contribution in [2.45, 2.75) is 27.2 Å². The molecule has 0 aliphatic carbocycles. The molecule has 0 aliphatic rings. The van der Waals surface area contributed by atoms with Gasteiger partial charge < -0.3 is 18.6 Å². The number of hydrogen-bond acceptors (Lipinski definition) is 6. The summed E-state index contributed by atoms with van der Waals surface area (Å²) in [4.78, 5) is 25.1. The summed E-state index contributed by atoms with van der Waals surface area (Å²) in [5, 5.41) is 0.327. The van der Waals surface area contributed by atoms with Gasteiger partial charge in [-0.15, -0.1) is 0 Å². The van der Waals surface area contributed by atoms with Gasteiger partial charge in [0.05, 0.1) is 5.39 Å². The Labute approximate surface area is 191 Å². The Morgan fingerprint density at radius 3 is 2.48 bits per heavy atom. The lowest BCUT2D eigenvalue weighted by atomic mass is 10.1. The predicted molar refractivity (Wildman–Crippen MR) is 125 cm³/mol. The molecule has 0 amide bonds. The van der Waals surface area contributed by atoms with E-state index in [1.807, 2.05) is 57.2 Å². The largest absolute Gasteiger partial charge is 0.482 e. The molecule has 0 bridgehead atoms. The van der Waals surface area contributed by atoms with Crippen LogP contribution in [0.25, 0.3) is 11.0 Å². The molecule has 4 aromatic rings. The van der Waals surface area contributed by atoms with Crippen molar-refractivity contribution in [1.29, 1.82) is 0 Å². The van der Waals surface area contributed by atoms with Crippen LogP contribution in [0, 0.1) is 13.8 Å². The van der Waals surface area contributed by atoms with Crippen LogP contribution in [-0.2, 0) is 11.2 Å². The third-order valence-electron chi connectivity index (χ3n) is 5.35. The average Bonchev–Trinajstić information content (AvgIpc) is 2.82. The lowest BCUT2D eigenvalue weighted by Crippen LogP contribution is -2.17. The van der Waals surface area contributed by atoms with E-state index in [-0.39, 0.29) is 29.1 Å². The maximum Gasteiger partial charge on any atom is 0.349 e. The number of fused-ring (bicyclic) bond motifs is 1. The van der Waals surface area contributed by atoms with Gasteiger partial charge in [-0.05, 0) is 67.3 Å². The van der Waals surface area contributed by atoms with E-state index in [9.17, 15) is 9.59 Å². The van der Waals surface area contributed by atoms with E-state index >= 15 is 0 Å². The van der Waals surface area contributed by atoms with Crippen LogP contribution in [0.1, 0.15) is 23.6 Å². The first kappa shape index (κ1) is 22.1. The minimum absolute atomic E-state index is 0.0925. The molecule has 0 radical (unpaired) electrons. The van der Waals surface area contributed by atoms with Crippen LogP contribution in [-0.4, -0.2) is 12.6 Å². The summed E-state index contributed by atoms with van der Waals surface area (Å²) in [6.07, 6.45) is 2.04. The number of carbonyl (C=O) groups excluding carboxylic acids is 1. The summed E-state index contributed by atoms with van der Waals surface area (Å²) in [6.45, 7) is 5.75. The second-order valence-corrected chi connectivity index (χ2v) is 7.66. The summed E-state index contributed by atoms with van der Waals surface area (Å²) in [6, 6.07) is 17.7. The molecule has 1 heterocycles. The Hall–Kier alpha value is -4.06. The number of benzene rings is 3. The first-order chi connectivity index (χ1) is 15.9. The summed E-state index contributed by atoms with van der Waals surface area (Å²) in [7, 11) is 0. The van der Waals surface area contributed by atoms with Gasteiger partial charge in [-0.2, -0.15) is 0 Å². The minimum Gasteiger partial charge on any atom is -0.482 e. The summed E-state index contributed by atoms with van der Waals surface area (Å²) >= 11 is 0. The van der Waals surface area contributed by atoms with Crippen LogP contribution in [0.2, 0.25) is 0 Å². The minimum atomic E-state index is -0.564. The predicted octanol–water partition coefficient (Wildman–Crippen LogP) is 5.75. The zero-order valence-corrected chi connectivity index (χ0v) is 18.7. The maximum absolute atomic E-state index is 12.9. The average molecular weight is 444 g/mol. The third-order valence-corrected chi connectivity index (χ3v) is 5.35. The van der Waals surface area contributed by atoms with E-state index < -0.39 is 5.97 Å². The van der Waals surface area contributed by atoms with Crippen molar-refractivity contribution in [3.63, 3.8) is 0 Å². The highest BCUT2D eigenvalue weighted by molar-refractivity contribution is 5.81. The molecule has 6 heteroatoms. The molecule has 0 N–H and O–H groups in total. The normalized spacial score (nSPS) is 10.8. The Morgan fingerprint density at radius 2 is 1.70 bits per heavy atom. The summed E-state index contributed by atoms with van der Waals surface area (Å²) in [5.41, 5.74) is 3.19. The van der Waals surface area contributed by atoms with Gasteiger partial charge in [-0.3, -0.25) is 4.79 Å². The lowest BCUT2D eigenvalue weighted by Gasteiger charge is -2.10. The molecule has 0 saturated heterocycles. The van der Waals surface area contributed by atoms with Gasteiger partial charge in [0, 0.05) is 6.07 Å². The molecule has 1 aromatic heterocycles. The first-order valence-corrected chi connectivity index (χ1v) is 10.7. The molecule has 0 aliphatic heterocycles. The van der Waals surface area contributed by atoms with Gasteiger partial charge >= 0.3 is 5.97 Å². The van der Waals surface area contributed by atoms with E-state index in [0.29, 0.717) is 16.9 Å². The molecule has 168 valence electrons. The highest BCUT2D eigenvalue weighted by atomic mass is 16.6. The van der Waals surface area contributed by atoms with E-state index in [4.69, 9.17) is 18.6 Å². The Morgan fingerprint density at radius 1 is 0.909 bits per heavy atom. The number of rotatable bonds is 7. The second-order valence-electron chi connectivity index (χ2n) is 7.66. The Balaban J connectivity index is 1.46. The van der Waals surface area contributed by atoms with Crippen molar-refractivity contribution in [2.75, 3.05) is 6.61 Å². The number of hydrogen-bond donors (Lipinski definition) is 0. The zero-order valence-electron chi connectivity index (χ0n) is 18.7. The van der Waals surface area contributed by atoms with Crippen molar-refractivity contribution in [1.82, 2.24) is 0 Å². The van der Waals surface area contributed by atoms with Crippen molar-refractivity contribution in [3.8, 4) is 23.0 Å². The van der Waals surface area contributed by atoms with Crippen molar-refractivity contribution in [2.24, 2.45) is 0 Å². The third kappa shape index (κ3) is 5.06. The van der Waals surface area contributed by atoms with Crippen molar-refractivity contribution in [3.05, 3.63) is 93.8 Å². The Bertz CT molecular complexity index is 1370. The van der Waals surface area contributed by atoms with E-state index in [1.54, 1.807) is 12.1 Å². The standard InChI is InChI=1S/C27H24O6/c1-4-19-7-5-6-8-23(19)33-25-15-31-24-14-21(11-12-22(24)27(25)29)32-26(28)16-30-20-10-9-17(2)18(3)13-20/h5-15H,4,16H2,1-3H3. The number of esters is 1. The van der Waals surface area contributed by atoms with Crippen LogP contribution >= 0.6 is 0 Å². The highest BCUT2D eigenvalue weighted by Crippen LogP contribution is 2.26. The first-order valence-electron chi connectivity index (χ1n) is 10.7. The van der Waals surface area contributed by atoms with Crippen LogP contribution in [0.3, 0.4) is 0 Å². The highest BCUT2D eigenvalue weighted by Gasteiger charge is 2.13. The number of para-hydroxylation sites is 1. The van der Waals surface area contributed by atoms with Crippen LogP contribution in [0.4, 0.5) is 0 Å². The molecular formula is C27H24O6. The van der Waals surface area contributed by atoms with Crippen LogP contribution in [0.5, 0.6) is 23.0 Å². The summed E-state index contributed by atoms with van der Waals surface area (Å²) < 4.78 is 22.3. The van der Waals surface area contributed by atoms with Gasteiger partial charge in [0.15, 0.2) is 6.61 Å². The van der Waals surface area contributed by atoms with E-state index in [2.05, 4.69) is 0 Å². The van der Waals surface area contributed by atoms with Gasteiger partial charge in [-0.1, -0.05) is 31.2 Å². The second kappa shape index (κ2) is 9.61. The van der Waals surface area contributed by atoms with Gasteiger partial charge in [0.25, 0.3) is 0 Å². The van der Waals surface area contributed by atoms with Gasteiger partial charge in [-0.25, -0.2) is 4.79 Å². The molecule has 0 spiro atoms. The molecular weight excluding hydrogens is 420 g/mol. The topological polar surface area (TPSA) is 75.0 Å². The fraction of sp³-hybridized carbons (Fsp3) is 0.185.